The zero-order valence-electron chi connectivity index (χ0n) is 18.4. The summed E-state index contributed by atoms with van der Waals surface area (Å²) in [4.78, 5) is 27.7. The summed E-state index contributed by atoms with van der Waals surface area (Å²) >= 11 is 0. The number of carbonyl (C=O) groups excluding carboxylic acids is 2. The normalized spacial score (nSPS) is 12.3. The fourth-order valence-corrected chi connectivity index (χ4v) is 3.38. The number of aliphatic hydroxyl groups excluding tert-OH is 1. The Morgan fingerprint density at radius 2 is 1.72 bits per heavy atom. The van der Waals surface area contributed by atoms with Crippen LogP contribution < -0.4 is 10.1 Å². The Labute approximate surface area is 188 Å². The number of hydrogen-bond donors (Lipinski definition) is 2. The van der Waals surface area contributed by atoms with Gasteiger partial charge in [0.05, 0.1) is 26.5 Å². The molecular weight excluding hydrogens is 434 g/mol. The zero-order chi connectivity index (χ0) is 23.7. The van der Waals surface area contributed by atoms with E-state index in [-0.39, 0.29) is 19.7 Å². The third-order valence-corrected chi connectivity index (χ3v) is 6.10. The van der Waals surface area contributed by atoms with Crippen molar-refractivity contribution in [2.24, 2.45) is 0 Å². The van der Waals surface area contributed by atoms with Crippen LogP contribution in [0.5, 0.6) is 5.75 Å². The average molecular weight is 464 g/mol. The van der Waals surface area contributed by atoms with Crippen molar-refractivity contribution in [2.45, 2.75) is 12.6 Å². The fourth-order valence-electron chi connectivity index (χ4n) is 3.03. The van der Waals surface area contributed by atoms with Gasteiger partial charge < -0.3 is 20.1 Å². The minimum absolute atomic E-state index is 0.0238. The molecule has 0 saturated heterocycles. The van der Waals surface area contributed by atoms with Crippen LogP contribution in [0.2, 0.25) is 0 Å². The first-order chi connectivity index (χ1) is 15.2. The predicted octanol–water partition coefficient (Wildman–Crippen LogP) is 0.765. The topological polar surface area (TPSA) is 116 Å². The van der Waals surface area contributed by atoms with Gasteiger partial charge in [-0.25, -0.2) is 8.42 Å². The van der Waals surface area contributed by atoms with Gasteiger partial charge in [0, 0.05) is 20.1 Å². The Bertz CT molecular complexity index is 996. The molecule has 0 fully saturated rings. The summed E-state index contributed by atoms with van der Waals surface area (Å²) in [5.74, 6) is -0.375. The highest BCUT2D eigenvalue weighted by molar-refractivity contribution is 7.88. The lowest BCUT2D eigenvalue weighted by Gasteiger charge is -2.32. The van der Waals surface area contributed by atoms with Crippen LogP contribution in [0.4, 0.5) is 0 Å². The van der Waals surface area contributed by atoms with Gasteiger partial charge in [-0.05, 0) is 23.3 Å². The number of nitrogens with one attached hydrogen (secondary N) is 1. The van der Waals surface area contributed by atoms with E-state index in [0.29, 0.717) is 11.3 Å². The number of amides is 2. The van der Waals surface area contributed by atoms with Crippen molar-refractivity contribution in [1.82, 2.24) is 14.5 Å². The number of sulfonamides is 1. The Morgan fingerprint density at radius 1 is 1.09 bits per heavy atom. The molecule has 0 spiro atoms. The molecule has 32 heavy (non-hydrogen) atoms. The molecule has 2 aromatic carbocycles. The van der Waals surface area contributed by atoms with Crippen LogP contribution in [0.15, 0.2) is 54.6 Å². The van der Waals surface area contributed by atoms with E-state index in [1.54, 1.807) is 61.7 Å². The molecular formula is C22H29N3O6S. The summed E-state index contributed by atoms with van der Waals surface area (Å²) in [6.45, 7) is -0.593. The van der Waals surface area contributed by atoms with E-state index in [4.69, 9.17) is 9.84 Å². The molecule has 2 N–H and O–H groups in total. The molecule has 0 saturated carbocycles. The maximum atomic E-state index is 13.3. The van der Waals surface area contributed by atoms with Crippen LogP contribution in [-0.4, -0.2) is 74.7 Å². The SMILES string of the molecule is COc1ccc(CN(C(=O)CN(C)S(C)(=O)=O)C(C(=O)NCCO)c2ccccc2)cc1. The summed E-state index contributed by atoms with van der Waals surface area (Å²) < 4.78 is 29.8. The lowest BCUT2D eigenvalue weighted by molar-refractivity contribution is -0.141. The second-order valence-electron chi connectivity index (χ2n) is 7.22. The number of nitrogens with zero attached hydrogens (tertiary/aromatic N) is 2. The van der Waals surface area contributed by atoms with E-state index in [0.717, 1.165) is 16.1 Å². The molecule has 1 unspecified atom stereocenters. The first-order valence-electron chi connectivity index (χ1n) is 9.94. The maximum absolute atomic E-state index is 13.3. The van der Waals surface area contributed by atoms with E-state index in [1.807, 2.05) is 0 Å². The van der Waals surface area contributed by atoms with E-state index >= 15 is 0 Å². The van der Waals surface area contributed by atoms with Crippen LogP contribution in [0.25, 0.3) is 0 Å². The molecule has 2 aromatic rings. The number of carbonyl (C=O) groups is 2. The van der Waals surface area contributed by atoms with Crippen LogP contribution >= 0.6 is 0 Å². The molecule has 2 rings (SSSR count). The minimum Gasteiger partial charge on any atom is -0.497 e. The number of benzene rings is 2. The number of methoxy groups -OCH3 is 1. The van der Waals surface area contributed by atoms with Crippen molar-refractivity contribution in [3.63, 3.8) is 0 Å². The van der Waals surface area contributed by atoms with Gasteiger partial charge in [-0.1, -0.05) is 42.5 Å². The third-order valence-electron chi connectivity index (χ3n) is 4.84. The zero-order valence-corrected chi connectivity index (χ0v) is 19.2. The van der Waals surface area contributed by atoms with E-state index in [2.05, 4.69) is 5.32 Å². The summed E-state index contributed by atoms with van der Waals surface area (Å²) in [5.41, 5.74) is 1.30. The number of rotatable bonds is 11. The molecule has 2 amide bonds. The third kappa shape index (κ3) is 7.04. The van der Waals surface area contributed by atoms with Gasteiger partial charge in [-0.15, -0.1) is 0 Å². The number of aliphatic hydroxyl groups is 1. The Morgan fingerprint density at radius 3 is 2.25 bits per heavy atom. The summed E-state index contributed by atoms with van der Waals surface area (Å²) in [6.07, 6.45) is 1.01. The van der Waals surface area contributed by atoms with Crippen molar-refractivity contribution < 1.29 is 27.9 Å². The van der Waals surface area contributed by atoms with Gasteiger partial charge >= 0.3 is 0 Å². The molecule has 0 heterocycles. The van der Waals surface area contributed by atoms with Crippen molar-refractivity contribution in [3.05, 3.63) is 65.7 Å². The largest absolute Gasteiger partial charge is 0.497 e. The highest BCUT2D eigenvalue weighted by Gasteiger charge is 2.32. The summed E-state index contributed by atoms with van der Waals surface area (Å²) in [5, 5.41) is 11.7. The van der Waals surface area contributed by atoms with Crippen LogP contribution in [-0.2, 0) is 26.2 Å². The monoisotopic (exact) mass is 463 g/mol. The molecule has 0 radical (unpaired) electrons. The molecule has 0 aliphatic rings. The van der Waals surface area contributed by atoms with Gasteiger partial charge in [0.2, 0.25) is 21.8 Å². The second kappa shape index (κ2) is 11.6. The van der Waals surface area contributed by atoms with E-state index in [1.165, 1.54) is 11.9 Å². The van der Waals surface area contributed by atoms with Gasteiger partial charge in [-0.2, -0.15) is 4.31 Å². The average Bonchev–Trinajstić information content (AvgIpc) is 2.77. The van der Waals surface area contributed by atoms with Gasteiger partial charge in [0.25, 0.3) is 0 Å². The lowest BCUT2D eigenvalue weighted by Crippen LogP contribution is -2.47. The minimum atomic E-state index is -3.60. The van der Waals surface area contributed by atoms with Crippen LogP contribution in [0.3, 0.4) is 0 Å². The molecule has 1 atom stereocenters. The highest BCUT2D eigenvalue weighted by Crippen LogP contribution is 2.25. The standard InChI is InChI=1S/C22H29N3O6S/c1-24(32(3,29)30)16-20(27)25(15-17-9-11-19(31-2)12-10-17)21(22(28)23-13-14-26)18-7-5-4-6-8-18/h4-12,21,26H,13-16H2,1-3H3,(H,23,28). The van der Waals surface area contributed by atoms with Gasteiger partial charge in [0.1, 0.15) is 11.8 Å². The van der Waals surface area contributed by atoms with Crippen molar-refractivity contribution >= 4 is 21.8 Å². The summed E-state index contributed by atoms with van der Waals surface area (Å²) in [7, 11) is -0.750. The van der Waals surface area contributed by atoms with E-state index in [9.17, 15) is 18.0 Å². The van der Waals surface area contributed by atoms with E-state index < -0.39 is 34.4 Å². The lowest BCUT2D eigenvalue weighted by atomic mass is 10.0. The molecule has 0 aromatic heterocycles. The number of ether oxygens (including phenoxy) is 1. The Hall–Kier alpha value is -2.95. The maximum Gasteiger partial charge on any atom is 0.247 e. The smallest absolute Gasteiger partial charge is 0.247 e. The first-order valence-corrected chi connectivity index (χ1v) is 11.8. The molecule has 0 bridgehead atoms. The Kier molecular flexibility index (Phi) is 9.18. The molecule has 10 heteroatoms. The first kappa shape index (κ1) is 25.3. The Balaban J connectivity index is 2.47. The van der Waals surface area contributed by atoms with Crippen molar-refractivity contribution in [2.75, 3.05) is 40.1 Å². The highest BCUT2D eigenvalue weighted by atomic mass is 32.2. The number of hydrogen-bond acceptors (Lipinski definition) is 6. The molecule has 9 nitrogen and oxygen atoms in total. The molecule has 174 valence electrons. The van der Waals surface area contributed by atoms with Crippen LogP contribution in [0.1, 0.15) is 17.2 Å². The van der Waals surface area contributed by atoms with Crippen LogP contribution in [0, 0.1) is 0 Å². The van der Waals surface area contributed by atoms with Gasteiger partial charge in [-0.3, -0.25) is 9.59 Å². The molecule has 0 aliphatic heterocycles. The van der Waals surface area contributed by atoms with Crippen molar-refractivity contribution in [3.8, 4) is 5.75 Å². The predicted molar refractivity (Wildman–Crippen MR) is 120 cm³/mol. The quantitative estimate of drug-likeness (QED) is 0.508. The van der Waals surface area contributed by atoms with Gasteiger partial charge in [0.15, 0.2) is 0 Å². The summed E-state index contributed by atoms with van der Waals surface area (Å²) in [6, 6.07) is 14.7. The number of likely N-dealkylation sites (N-methyl/N-ethyl adjacent to an activating group) is 1. The molecule has 0 aliphatic carbocycles. The fraction of sp³-hybridized carbons (Fsp3) is 0.364. The van der Waals surface area contributed by atoms with Crippen molar-refractivity contribution in [1.29, 1.82) is 0 Å². The second-order valence-corrected chi connectivity index (χ2v) is 9.31.